The molecule has 2 heterocycles. The Morgan fingerprint density at radius 1 is 1.28 bits per heavy atom. The van der Waals surface area contributed by atoms with Crippen molar-refractivity contribution in [3.05, 3.63) is 56.7 Å². The number of carbonyl (C=O) groups is 1. The molecule has 3 rings (SSSR count). The van der Waals surface area contributed by atoms with E-state index in [0.29, 0.717) is 6.54 Å². The molecule has 1 amide bonds. The second-order valence-electron chi connectivity index (χ2n) is 4.33. The Kier molecular flexibility index (Phi) is 3.10. The lowest BCUT2D eigenvalue weighted by Crippen LogP contribution is -2.36. The number of thiophene rings is 1. The Hall–Kier alpha value is -1.32. The van der Waals surface area contributed by atoms with Gasteiger partial charge in [0.2, 0.25) is 0 Å². The zero-order chi connectivity index (χ0) is 12.5. The van der Waals surface area contributed by atoms with Crippen molar-refractivity contribution in [2.24, 2.45) is 0 Å². The third kappa shape index (κ3) is 2.04. The summed E-state index contributed by atoms with van der Waals surface area (Å²) in [6, 6.07) is 9.60. The van der Waals surface area contributed by atoms with Crippen LogP contribution in [0.3, 0.4) is 0 Å². The molecule has 0 aliphatic carbocycles. The number of rotatable bonds is 2. The van der Waals surface area contributed by atoms with Crippen LogP contribution >= 0.6 is 22.9 Å². The maximum Gasteiger partial charge on any atom is 0.255 e. The van der Waals surface area contributed by atoms with Crippen molar-refractivity contribution < 1.29 is 4.79 Å². The lowest BCUT2D eigenvalue weighted by atomic mass is 10.1. The van der Waals surface area contributed by atoms with E-state index in [9.17, 15) is 4.79 Å². The second-order valence-corrected chi connectivity index (χ2v) is 5.73. The molecule has 0 N–H and O–H groups in total. The van der Waals surface area contributed by atoms with Crippen molar-refractivity contribution >= 4 is 28.8 Å². The number of carbonyl (C=O) groups excluding carboxylic acids is 1. The van der Waals surface area contributed by atoms with E-state index in [1.165, 1.54) is 4.88 Å². The summed E-state index contributed by atoms with van der Waals surface area (Å²) in [6.45, 7) is 1.37. The van der Waals surface area contributed by atoms with Crippen molar-refractivity contribution in [2.45, 2.75) is 13.0 Å². The first-order chi connectivity index (χ1) is 8.75. The molecule has 0 saturated heterocycles. The molecule has 1 aliphatic rings. The van der Waals surface area contributed by atoms with Gasteiger partial charge >= 0.3 is 0 Å². The lowest BCUT2D eigenvalue weighted by Gasteiger charge is -2.27. The number of hydrogen-bond donors (Lipinski definition) is 0. The van der Waals surface area contributed by atoms with Crippen LogP contribution in [0.25, 0.3) is 0 Å². The topological polar surface area (TPSA) is 20.3 Å². The van der Waals surface area contributed by atoms with Gasteiger partial charge in [-0.3, -0.25) is 4.79 Å². The molecular formula is C14H12ClNOS. The second kappa shape index (κ2) is 4.75. The molecule has 0 radical (unpaired) electrons. The van der Waals surface area contributed by atoms with Crippen molar-refractivity contribution in [1.82, 2.24) is 4.90 Å². The van der Waals surface area contributed by atoms with Crippen molar-refractivity contribution in [3.63, 3.8) is 0 Å². The Bertz CT molecular complexity index is 593. The summed E-state index contributed by atoms with van der Waals surface area (Å²) >= 11 is 7.80. The smallest absolute Gasteiger partial charge is 0.255 e. The minimum absolute atomic E-state index is 0.123. The normalized spacial score (nSPS) is 14.7. The molecule has 18 heavy (non-hydrogen) atoms. The van der Waals surface area contributed by atoms with E-state index in [2.05, 4.69) is 0 Å². The molecule has 0 spiro atoms. The monoisotopic (exact) mass is 277 g/mol. The number of fused-ring (bicyclic) bond motifs is 1. The highest BCUT2D eigenvalue weighted by atomic mass is 35.5. The highest BCUT2D eigenvalue weighted by Crippen LogP contribution is 2.26. The van der Waals surface area contributed by atoms with Gasteiger partial charge in [-0.05, 0) is 23.1 Å². The summed E-state index contributed by atoms with van der Waals surface area (Å²) in [5, 5.41) is 2.71. The summed E-state index contributed by atoms with van der Waals surface area (Å²) < 4.78 is 0. The Morgan fingerprint density at radius 2 is 2.11 bits per heavy atom. The van der Waals surface area contributed by atoms with Crippen LogP contribution in [0.1, 0.15) is 20.8 Å². The average Bonchev–Trinajstić information content (AvgIpc) is 2.84. The third-order valence-electron chi connectivity index (χ3n) is 3.19. The van der Waals surface area contributed by atoms with Gasteiger partial charge in [-0.25, -0.2) is 0 Å². The van der Waals surface area contributed by atoms with E-state index in [1.807, 2.05) is 40.6 Å². The van der Waals surface area contributed by atoms with Gasteiger partial charge in [-0.15, -0.1) is 11.3 Å². The SMILES string of the molecule is O=C1c2ccsc2CCN1Cc1ccccc1Cl. The molecule has 1 aromatic heterocycles. The quantitative estimate of drug-likeness (QED) is 0.821. The predicted molar refractivity (Wildman–Crippen MR) is 74.2 cm³/mol. The summed E-state index contributed by atoms with van der Waals surface area (Å²) in [5.74, 6) is 0.123. The fourth-order valence-corrected chi connectivity index (χ4v) is 3.27. The van der Waals surface area contributed by atoms with E-state index in [4.69, 9.17) is 11.6 Å². The maximum absolute atomic E-state index is 12.3. The van der Waals surface area contributed by atoms with Gasteiger partial charge in [-0.1, -0.05) is 29.8 Å². The molecule has 2 nitrogen and oxygen atoms in total. The highest BCUT2D eigenvalue weighted by Gasteiger charge is 2.25. The number of amides is 1. The molecule has 0 atom stereocenters. The van der Waals surface area contributed by atoms with Crippen LogP contribution in [0.15, 0.2) is 35.7 Å². The minimum atomic E-state index is 0.123. The van der Waals surface area contributed by atoms with E-state index < -0.39 is 0 Å². The summed E-state index contributed by atoms with van der Waals surface area (Å²) in [7, 11) is 0. The summed E-state index contributed by atoms with van der Waals surface area (Å²) in [5.41, 5.74) is 1.87. The van der Waals surface area contributed by atoms with E-state index in [-0.39, 0.29) is 5.91 Å². The largest absolute Gasteiger partial charge is 0.334 e. The number of nitrogens with zero attached hydrogens (tertiary/aromatic N) is 1. The molecule has 0 bridgehead atoms. The molecule has 0 unspecified atom stereocenters. The first-order valence-corrected chi connectivity index (χ1v) is 7.10. The molecule has 2 aromatic rings. The van der Waals surface area contributed by atoms with Crippen molar-refractivity contribution in [1.29, 1.82) is 0 Å². The van der Waals surface area contributed by atoms with Gasteiger partial charge in [0.1, 0.15) is 0 Å². The van der Waals surface area contributed by atoms with Gasteiger partial charge < -0.3 is 4.90 Å². The fourth-order valence-electron chi connectivity index (χ4n) is 2.22. The molecular weight excluding hydrogens is 266 g/mol. The molecule has 92 valence electrons. The van der Waals surface area contributed by atoms with Crippen LogP contribution < -0.4 is 0 Å². The molecule has 1 aromatic carbocycles. The Balaban J connectivity index is 1.84. The molecule has 4 heteroatoms. The Labute approximate surface area is 115 Å². The first kappa shape index (κ1) is 11.8. The van der Waals surface area contributed by atoms with Crippen molar-refractivity contribution in [2.75, 3.05) is 6.54 Å². The Morgan fingerprint density at radius 3 is 2.94 bits per heavy atom. The fraction of sp³-hybridized carbons (Fsp3) is 0.214. The summed E-state index contributed by atoms with van der Waals surface area (Å²) in [6.07, 6.45) is 0.948. The van der Waals surface area contributed by atoms with Gasteiger partial charge in [0.05, 0.1) is 5.56 Å². The number of hydrogen-bond acceptors (Lipinski definition) is 2. The van der Waals surface area contributed by atoms with Crippen LogP contribution in [0, 0.1) is 0 Å². The van der Waals surface area contributed by atoms with Gasteiger partial charge in [-0.2, -0.15) is 0 Å². The van der Waals surface area contributed by atoms with Crippen LogP contribution in [0.5, 0.6) is 0 Å². The number of benzene rings is 1. The predicted octanol–water partition coefficient (Wildman–Crippen LogP) is 3.60. The zero-order valence-corrected chi connectivity index (χ0v) is 11.3. The molecule has 1 aliphatic heterocycles. The van der Waals surface area contributed by atoms with E-state index in [1.54, 1.807) is 11.3 Å². The van der Waals surface area contributed by atoms with Crippen molar-refractivity contribution in [3.8, 4) is 0 Å². The first-order valence-electron chi connectivity index (χ1n) is 5.85. The van der Waals surface area contributed by atoms with Crippen LogP contribution in [0.2, 0.25) is 5.02 Å². The van der Waals surface area contributed by atoms with E-state index >= 15 is 0 Å². The lowest BCUT2D eigenvalue weighted by molar-refractivity contribution is 0.0729. The minimum Gasteiger partial charge on any atom is -0.334 e. The van der Waals surface area contributed by atoms with Crippen LogP contribution in [0.4, 0.5) is 0 Å². The molecule has 0 fully saturated rings. The third-order valence-corrected chi connectivity index (χ3v) is 4.54. The van der Waals surface area contributed by atoms with Crippen LogP contribution in [-0.4, -0.2) is 17.4 Å². The van der Waals surface area contributed by atoms with Gasteiger partial charge in [0.15, 0.2) is 0 Å². The van der Waals surface area contributed by atoms with E-state index in [0.717, 1.165) is 29.1 Å². The van der Waals surface area contributed by atoms with Gasteiger partial charge in [0, 0.05) is 29.4 Å². The average molecular weight is 278 g/mol. The highest BCUT2D eigenvalue weighted by molar-refractivity contribution is 7.10. The van der Waals surface area contributed by atoms with Crippen LogP contribution in [-0.2, 0) is 13.0 Å². The molecule has 0 saturated carbocycles. The zero-order valence-electron chi connectivity index (χ0n) is 9.73. The standard InChI is InChI=1S/C14H12ClNOS/c15-12-4-2-1-3-10(12)9-16-7-5-13-11(14(16)17)6-8-18-13/h1-4,6,8H,5,7,9H2. The number of halogens is 1. The maximum atomic E-state index is 12.3. The van der Waals surface area contributed by atoms with Gasteiger partial charge in [0.25, 0.3) is 5.91 Å². The summed E-state index contributed by atoms with van der Waals surface area (Å²) in [4.78, 5) is 15.4.